The molecule has 4 heteroatoms. The molecule has 1 N–H and O–H groups in total. The summed E-state index contributed by atoms with van der Waals surface area (Å²) in [6.45, 7) is 2.23. The number of hydrogen-bond donors (Lipinski definition) is 1. The van der Waals surface area contributed by atoms with Crippen LogP contribution in [0.4, 0.5) is 11.4 Å². The highest BCUT2D eigenvalue weighted by atomic mass is 16.5. The van der Waals surface area contributed by atoms with E-state index in [1.165, 1.54) is 31.4 Å². The lowest BCUT2D eigenvalue weighted by molar-refractivity contribution is 0.102. The second-order valence-corrected chi connectivity index (χ2v) is 7.34. The minimum Gasteiger partial charge on any atom is -0.457 e. The van der Waals surface area contributed by atoms with Crippen molar-refractivity contribution >= 4 is 17.3 Å². The monoisotopic (exact) mass is 386 g/mol. The number of ether oxygens (including phenoxy) is 1. The molecule has 0 bridgehead atoms. The van der Waals surface area contributed by atoms with Crippen molar-refractivity contribution in [3.63, 3.8) is 0 Å². The fourth-order valence-corrected chi connectivity index (χ4v) is 3.59. The lowest BCUT2D eigenvalue weighted by Gasteiger charge is -2.22. The quantitative estimate of drug-likeness (QED) is 0.575. The Morgan fingerprint density at radius 3 is 2.00 bits per heavy atom. The molecule has 0 spiro atoms. The topological polar surface area (TPSA) is 41.6 Å². The van der Waals surface area contributed by atoms with Gasteiger partial charge in [0.05, 0.1) is 0 Å². The molecular formula is C25H26N2O2. The lowest BCUT2D eigenvalue weighted by atomic mass is 10.2. The molecule has 3 aromatic carbocycles. The average Bonchev–Trinajstić information content (AvgIpc) is 3.05. The molecule has 0 radical (unpaired) electrons. The molecule has 0 aromatic heterocycles. The zero-order valence-corrected chi connectivity index (χ0v) is 16.5. The molecule has 4 rings (SSSR count). The van der Waals surface area contributed by atoms with Crippen LogP contribution in [0.5, 0.6) is 11.5 Å². The van der Waals surface area contributed by atoms with Crippen LogP contribution < -0.4 is 15.0 Å². The van der Waals surface area contributed by atoms with Crippen LogP contribution in [0.2, 0.25) is 0 Å². The summed E-state index contributed by atoms with van der Waals surface area (Å²) in [4.78, 5) is 15.0. The summed E-state index contributed by atoms with van der Waals surface area (Å²) in [5.41, 5.74) is 2.63. The first kappa shape index (κ1) is 19.1. The Hall–Kier alpha value is -3.27. The van der Waals surface area contributed by atoms with Crippen molar-refractivity contribution in [3.05, 3.63) is 84.4 Å². The van der Waals surface area contributed by atoms with Crippen molar-refractivity contribution in [1.29, 1.82) is 0 Å². The molecular weight excluding hydrogens is 360 g/mol. The number of para-hydroxylation sites is 1. The van der Waals surface area contributed by atoms with E-state index in [1.54, 1.807) is 12.1 Å². The van der Waals surface area contributed by atoms with E-state index in [-0.39, 0.29) is 5.91 Å². The maximum Gasteiger partial charge on any atom is 0.255 e. The summed E-state index contributed by atoms with van der Waals surface area (Å²) in [7, 11) is 0. The van der Waals surface area contributed by atoms with Gasteiger partial charge in [-0.1, -0.05) is 31.0 Å². The van der Waals surface area contributed by atoms with Gasteiger partial charge in [0.15, 0.2) is 0 Å². The number of amides is 1. The second-order valence-electron chi connectivity index (χ2n) is 7.34. The molecule has 1 amide bonds. The van der Waals surface area contributed by atoms with Gasteiger partial charge in [-0.3, -0.25) is 4.79 Å². The van der Waals surface area contributed by atoms with Gasteiger partial charge in [-0.25, -0.2) is 0 Å². The smallest absolute Gasteiger partial charge is 0.255 e. The zero-order chi connectivity index (χ0) is 19.9. The Morgan fingerprint density at radius 2 is 1.34 bits per heavy atom. The summed E-state index contributed by atoms with van der Waals surface area (Å²) in [6, 6.07) is 24.9. The molecule has 1 aliphatic rings. The first-order chi connectivity index (χ1) is 14.3. The Balaban J connectivity index is 1.36. The second kappa shape index (κ2) is 9.28. The van der Waals surface area contributed by atoms with Crippen molar-refractivity contribution in [2.45, 2.75) is 25.7 Å². The Bertz CT molecular complexity index is 913. The number of carbonyl (C=O) groups excluding carboxylic acids is 1. The van der Waals surface area contributed by atoms with Crippen LogP contribution in [0.3, 0.4) is 0 Å². The minimum atomic E-state index is -0.126. The van der Waals surface area contributed by atoms with Gasteiger partial charge in [0, 0.05) is 30.0 Å². The van der Waals surface area contributed by atoms with Crippen molar-refractivity contribution in [3.8, 4) is 11.5 Å². The van der Waals surface area contributed by atoms with Gasteiger partial charge < -0.3 is 15.0 Å². The number of nitrogens with zero attached hydrogens (tertiary/aromatic N) is 1. The SMILES string of the molecule is O=C(Nc1ccc(N2CCCCCC2)cc1)c1ccc(Oc2ccccc2)cc1. The summed E-state index contributed by atoms with van der Waals surface area (Å²) >= 11 is 0. The molecule has 3 aromatic rings. The standard InChI is InChI=1S/C25H26N2O2/c28-25(20-10-16-24(17-11-20)29-23-8-4-3-5-9-23)26-21-12-14-22(15-13-21)27-18-6-1-2-7-19-27/h3-5,8-17H,1-2,6-7,18-19H2,(H,26,28). The van der Waals surface area contributed by atoms with Crippen LogP contribution in [-0.4, -0.2) is 19.0 Å². The molecule has 148 valence electrons. The van der Waals surface area contributed by atoms with Crippen molar-refractivity contribution in [2.24, 2.45) is 0 Å². The Kier molecular flexibility index (Phi) is 6.10. The van der Waals surface area contributed by atoms with Gasteiger partial charge in [0.25, 0.3) is 5.91 Å². The van der Waals surface area contributed by atoms with Crippen LogP contribution in [0, 0.1) is 0 Å². The number of carbonyl (C=O) groups is 1. The van der Waals surface area contributed by atoms with Crippen LogP contribution in [0.25, 0.3) is 0 Å². The first-order valence-corrected chi connectivity index (χ1v) is 10.3. The van der Waals surface area contributed by atoms with E-state index in [0.29, 0.717) is 11.3 Å². The number of nitrogens with one attached hydrogen (secondary N) is 1. The highest BCUT2D eigenvalue weighted by Crippen LogP contribution is 2.23. The molecule has 29 heavy (non-hydrogen) atoms. The van der Waals surface area contributed by atoms with Crippen LogP contribution in [0.15, 0.2) is 78.9 Å². The fourth-order valence-electron chi connectivity index (χ4n) is 3.59. The zero-order valence-electron chi connectivity index (χ0n) is 16.5. The van der Waals surface area contributed by atoms with Gasteiger partial charge in [-0.15, -0.1) is 0 Å². The third-order valence-corrected chi connectivity index (χ3v) is 5.19. The molecule has 0 aliphatic carbocycles. The van der Waals surface area contributed by atoms with E-state index in [4.69, 9.17) is 4.74 Å². The Labute approximate surface area is 172 Å². The molecule has 1 heterocycles. The van der Waals surface area contributed by atoms with Crippen LogP contribution >= 0.6 is 0 Å². The number of rotatable bonds is 5. The predicted octanol–water partition coefficient (Wildman–Crippen LogP) is 6.11. The summed E-state index contributed by atoms with van der Waals surface area (Å²) in [5, 5.41) is 2.97. The molecule has 0 unspecified atom stereocenters. The van der Waals surface area contributed by atoms with Gasteiger partial charge in [0.2, 0.25) is 0 Å². The molecule has 1 fully saturated rings. The van der Waals surface area contributed by atoms with E-state index < -0.39 is 0 Å². The van der Waals surface area contributed by atoms with E-state index >= 15 is 0 Å². The van der Waals surface area contributed by atoms with E-state index in [9.17, 15) is 4.79 Å². The maximum atomic E-state index is 12.6. The highest BCUT2D eigenvalue weighted by Gasteiger charge is 2.11. The first-order valence-electron chi connectivity index (χ1n) is 10.3. The third kappa shape index (κ3) is 5.17. The molecule has 4 nitrogen and oxygen atoms in total. The number of anilines is 2. The van der Waals surface area contributed by atoms with E-state index in [1.807, 2.05) is 54.6 Å². The average molecular weight is 386 g/mol. The molecule has 1 aliphatic heterocycles. The van der Waals surface area contributed by atoms with Crippen molar-refractivity contribution in [1.82, 2.24) is 0 Å². The normalized spacial score (nSPS) is 14.1. The lowest BCUT2D eigenvalue weighted by Crippen LogP contribution is -2.23. The van der Waals surface area contributed by atoms with Gasteiger partial charge in [0.1, 0.15) is 11.5 Å². The fraction of sp³-hybridized carbons (Fsp3) is 0.240. The van der Waals surface area contributed by atoms with E-state index in [0.717, 1.165) is 24.5 Å². The predicted molar refractivity (Wildman–Crippen MR) is 118 cm³/mol. The van der Waals surface area contributed by atoms with Crippen LogP contribution in [0.1, 0.15) is 36.0 Å². The third-order valence-electron chi connectivity index (χ3n) is 5.19. The summed E-state index contributed by atoms with van der Waals surface area (Å²) in [5.74, 6) is 1.35. The maximum absolute atomic E-state index is 12.6. The molecule has 1 saturated heterocycles. The van der Waals surface area contributed by atoms with Gasteiger partial charge in [-0.2, -0.15) is 0 Å². The van der Waals surface area contributed by atoms with Gasteiger partial charge in [-0.05, 0) is 73.5 Å². The van der Waals surface area contributed by atoms with Crippen molar-refractivity contribution < 1.29 is 9.53 Å². The van der Waals surface area contributed by atoms with Crippen LogP contribution in [-0.2, 0) is 0 Å². The van der Waals surface area contributed by atoms with E-state index in [2.05, 4.69) is 22.3 Å². The summed E-state index contributed by atoms with van der Waals surface area (Å²) < 4.78 is 5.77. The largest absolute Gasteiger partial charge is 0.457 e. The molecule has 0 saturated carbocycles. The Morgan fingerprint density at radius 1 is 0.724 bits per heavy atom. The minimum absolute atomic E-state index is 0.126. The highest BCUT2D eigenvalue weighted by molar-refractivity contribution is 6.04. The molecule has 0 atom stereocenters. The van der Waals surface area contributed by atoms with Crippen molar-refractivity contribution in [2.75, 3.05) is 23.3 Å². The van der Waals surface area contributed by atoms with Gasteiger partial charge >= 0.3 is 0 Å². The number of benzene rings is 3. The summed E-state index contributed by atoms with van der Waals surface area (Å²) in [6.07, 6.45) is 5.14. The number of hydrogen-bond acceptors (Lipinski definition) is 3.